The molecule has 1 aliphatic heterocycles. The van der Waals surface area contributed by atoms with Gasteiger partial charge in [0.2, 0.25) is 0 Å². The molecule has 0 aromatic heterocycles. The highest BCUT2D eigenvalue weighted by atomic mass is 35.5. The Morgan fingerprint density at radius 2 is 2.35 bits per heavy atom. The number of halogens is 1. The van der Waals surface area contributed by atoms with E-state index >= 15 is 0 Å². The van der Waals surface area contributed by atoms with Gasteiger partial charge in [-0.3, -0.25) is 4.79 Å². The molecule has 0 aliphatic carbocycles. The number of nitrogens with one attached hydrogen (secondary N) is 1. The van der Waals surface area contributed by atoms with Crippen molar-refractivity contribution in [2.45, 2.75) is 38.7 Å². The summed E-state index contributed by atoms with van der Waals surface area (Å²) < 4.78 is 11.0. The fraction of sp³-hybridized carbons (Fsp3) is 0.500. The second-order valence-electron chi connectivity index (χ2n) is 5.64. The summed E-state index contributed by atoms with van der Waals surface area (Å²) in [5.41, 5.74) is 0.973. The van der Waals surface area contributed by atoms with Gasteiger partial charge in [-0.05, 0) is 43.0 Å². The van der Waals surface area contributed by atoms with Gasteiger partial charge in [0, 0.05) is 18.2 Å². The molecule has 1 saturated heterocycles. The Labute approximate surface area is 142 Å². The molecule has 23 heavy (non-hydrogen) atoms. The zero-order chi connectivity index (χ0) is 16.5. The van der Waals surface area contributed by atoms with Crippen LogP contribution in [0.5, 0.6) is 5.75 Å². The lowest BCUT2D eigenvalue weighted by atomic mass is 10.2. The Hall–Kier alpha value is -1.52. The van der Waals surface area contributed by atoms with E-state index in [1.54, 1.807) is 6.07 Å². The summed E-state index contributed by atoms with van der Waals surface area (Å²) >= 11 is 6.09. The zero-order valence-electron chi connectivity index (χ0n) is 13.5. The third kappa shape index (κ3) is 6.63. The van der Waals surface area contributed by atoms with E-state index in [2.05, 4.69) is 18.3 Å². The normalized spacial score (nSPS) is 17.6. The van der Waals surface area contributed by atoms with Crippen LogP contribution >= 0.6 is 11.6 Å². The molecule has 1 amide bonds. The molecular weight excluding hydrogens is 314 g/mol. The van der Waals surface area contributed by atoms with Crippen LogP contribution in [0.1, 0.15) is 38.2 Å². The van der Waals surface area contributed by atoms with Gasteiger partial charge in [0.1, 0.15) is 5.75 Å². The van der Waals surface area contributed by atoms with Gasteiger partial charge in [-0.1, -0.05) is 37.1 Å². The smallest absolute Gasteiger partial charge is 0.258 e. The Morgan fingerprint density at radius 3 is 3.09 bits per heavy atom. The first kappa shape index (κ1) is 17.8. The van der Waals surface area contributed by atoms with E-state index in [1.807, 2.05) is 18.2 Å². The molecule has 1 aliphatic rings. The van der Waals surface area contributed by atoms with E-state index < -0.39 is 0 Å². The Bertz CT molecular complexity index is 539. The molecule has 2 rings (SSSR count). The minimum atomic E-state index is -0.149. The molecule has 0 spiro atoms. The third-order valence-electron chi connectivity index (χ3n) is 3.58. The van der Waals surface area contributed by atoms with Gasteiger partial charge < -0.3 is 14.8 Å². The quantitative estimate of drug-likeness (QED) is 0.784. The summed E-state index contributed by atoms with van der Waals surface area (Å²) in [5.74, 6) is 0.449. The summed E-state index contributed by atoms with van der Waals surface area (Å²) in [4.78, 5) is 11.8. The molecule has 1 atom stereocenters. The summed E-state index contributed by atoms with van der Waals surface area (Å²) in [6.45, 7) is 3.44. The lowest BCUT2D eigenvalue weighted by molar-refractivity contribution is -0.123. The fourth-order valence-corrected chi connectivity index (χ4v) is 2.62. The molecule has 5 heteroatoms. The SMILES string of the molecule is CCC/C=C/c1cc(Cl)cc(OCC(=O)NCC2CCCO2)c1. The highest BCUT2D eigenvalue weighted by Crippen LogP contribution is 2.22. The van der Waals surface area contributed by atoms with Crippen molar-refractivity contribution in [3.05, 3.63) is 34.9 Å². The van der Waals surface area contributed by atoms with Crippen LogP contribution in [0.4, 0.5) is 0 Å². The topological polar surface area (TPSA) is 47.6 Å². The molecule has 1 fully saturated rings. The maximum absolute atomic E-state index is 11.8. The summed E-state index contributed by atoms with van der Waals surface area (Å²) in [5, 5.41) is 3.43. The number of carbonyl (C=O) groups excluding carboxylic acids is 1. The molecule has 1 aromatic carbocycles. The maximum Gasteiger partial charge on any atom is 0.258 e. The van der Waals surface area contributed by atoms with E-state index in [0.717, 1.165) is 37.9 Å². The van der Waals surface area contributed by atoms with Crippen LogP contribution in [0.15, 0.2) is 24.3 Å². The van der Waals surface area contributed by atoms with Crippen molar-refractivity contribution in [3.8, 4) is 5.75 Å². The largest absolute Gasteiger partial charge is 0.484 e. The van der Waals surface area contributed by atoms with Crippen molar-refractivity contribution in [3.63, 3.8) is 0 Å². The number of hydrogen-bond acceptors (Lipinski definition) is 3. The van der Waals surface area contributed by atoms with Gasteiger partial charge in [0.15, 0.2) is 6.61 Å². The van der Waals surface area contributed by atoms with E-state index in [0.29, 0.717) is 17.3 Å². The molecule has 4 nitrogen and oxygen atoms in total. The molecule has 1 heterocycles. The lowest BCUT2D eigenvalue weighted by Gasteiger charge is -2.12. The maximum atomic E-state index is 11.8. The van der Waals surface area contributed by atoms with E-state index in [1.165, 1.54) is 0 Å². The van der Waals surface area contributed by atoms with Crippen molar-refractivity contribution in [1.29, 1.82) is 0 Å². The van der Waals surface area contributed by atoms with E-state index in [9.17, 15) is 4.79 Å². The van der Waals surface area contributed by atoms with Crippen LogP contribution in [-0.4, -0.2) is 31.8 Å². The van der Waals surface area contributed by atoms with E-state index in [-0.39, 0.29) is 18.6 Å². The van der Waals surface area contributed by atoms with Gasteiger partial charge in [0.25, 0.3) is 5.91 Å². The summed E-state index contributed by atoms with van der Waals surface area (Å²) in [6.07, 6.45) is 8.44. The zero-order valence-corrected chi connectivity index (χ0v) is 14.3. The van der Waals surface area contributed by atoms with Gasteiger partial charge in [-0.25, -0.2) is 0 Å². The minimum absolute atomic E-state index is 0.0226. The molecule has 1 unspecified atom stereocenters. The van der Waals surface area contributed by atoms with Crippen LogP contribution in [0, 0.1) is 0 Å². The number of unbranched alkanes of at least 4 members (excludes halogenated alkanes) is 1. The first-order valence-electron chi connectivity index (χ1n) is 8.15. The van der Waals surface area contributed by atoms with Crippen molar-refractivity contribution in [1.82, 2.24) is 5.32 Å². The van der Waals surface area contributed by atoms with E-state index in [4.69, 9.17) is 21.1 Å². The average molecular weight is 338 g/mol. The second kappa shape index (κ2) is 9.58. The number of amides is 1. The van der Waals surface area contributed by atoms with Crippen LogP contribution in [0.25, 0.3) is 6.08 Å². The number of ether oxygens (including phenoxy) is 2. The molecule has 126 valence electrons. The van der Waals surface area contributed by atoms with Crippen molar-refractivity contribution in [2.24, 2.45) is 0 Å². The fourth-order valence-electron chi connectivity index (χ4n) is 2.38. The molecule has 0 bridgehead atoms. The highest BCUT2D eigenvalue weighted by Gasteiger charge is 2.16. The number of allylic oxidation sites excluding steroid dienone is 1. The van der Waals surface area contributed by atoms with Crippen molar-refractivity contribution >= 4 is 23.6 Å². The number of hydrogen-bond donors (Lipinski definition) is 1. The van der Waals surface area contributed by atoms with Crippen LogP contribution in [0.3, 0.4) is 0 Å². The Kier molecular flexibility index (Phi) is 7.43. The molecule has 0 saturated carbocycles. The summed E-state index contributed by atoms with van der Waals surface area (Å²) in [7, 11) is 0. The van der Waals surface area contributed by atoms with Crippen molar-refractivity contribution in [2.75, 3.05) is 19.8 Å². The monoisotopic (exact) mass is 337 g/mol. The highest BCUT2D eigenvalue weighted by molar-refractivity contribution is 6.30. The van der Waals surface area contributed by atoms with Crippen molar-refractivity contribution < 1.29 is 14.3 Å². The van der Waals surface area contributed by atoms with Gasteiger partial charge in [0.05, 0.1) is 6.10 Å². The molecular formula is C18H24ClNO3. The number of carbonyl (C=O) groups is 1. The second-order valence-corrected chi connectivity index (χ2v) is 6.08. The predicted octanol–water partition coefficient (Wildman–Crippen LogP) is 3.83. The Morgan fingerprint density at radius 1 is 1.48 bits per heavy atom. The first-order chi connectivity index (χ1) is 11.2. The minimum Gasteiger partial charge on any atom is -0.484 e. The lowest BCUT2D eigenvalue weighted by Crippen LogP contribution is -2.35. The standard InChI is InChI=1S/C18H24ClNO3/c1-2-3-4-6-14-9-15(19)11-17(10-14)23-13-18(21)20-12-16-7-5-8-22-16/h4,6,9-11,16H,2-3,5,7-8,12-13H2,1H3,(H,20,21)/b6-4+. The van der Waals surface area contributed by atoms with Gasteiger partial charge in [-0.15, -0.1) is 0 Å². The van der Waals surface area contributed by atoms with Gasteiger partial charge in [-0.2, -0.15) is 0 Å². The van der Waals surface area contributed by atoms with Crippen LogP contribution < -0.4 is 10.1 Å². The number of benzene rings is 1. The molecule has 1 N–H and O–H groups in total. The van der Waals surface area contributed by atoms with Gasteiger partial charge >= 0.3 is 0 Å². The third-order valence-corrected chi connectivity index (χ3v) is 3.80. The van der Waals surface area contributed by atoms with Crippen LogP contribution in [0.2, 0.25) is 5.02 Å². The van der Waals surface area contributed by atoms with Crippen LogP contribution in [-0.2, 0) is 9.53 Å². The predicted molar refractivity (Wildman–Crippen MR) is 92.9 cm³/mol. The average Bonchev–Trinajstić information content (AvgIpc) is 3.04. The number of rotatable bonds is 8. The summed E-state index contributed by atoms with van der Waals surface area (Å²) in [6, 6.07) is 5.47. The molecule has 1 aromatic rings. The molecule has 0 radical (unpaired) electrons. The first-order valence-corrected chi connectivity index (χ1v) is 8.53. The Balaban J connectivity index is 1.80.